The summed E-state index contributed by atoms with van der Waals surface area (Å²) in [5, 5.41) is 7.11. The number of para-hydroxylation sites is 2. The van der Waals surface area contributed by atoms with Crippen molar-refractivity contribution in [3.8, 4) is 0 Å². The summed E-state index contributed by atoms with van der Waals surface area (Å²) in [5.74, 6) is 0. The van der Waals surface area contributed by atoms with Crippen LogP contribution in [-0.2, 0) is 0 Å². The Morgan fingerprint density at radius 1 is 0.349 bits per heavy atom. The number of anilines is 2. The first-order valence-corrected chi connectivity index (χ1v) is 19.1. The lowest BCUT2D eigenvalue weighted by molar-refractivity contribution is 1.24. The van der Waals surface area contributed by atoms with Gasteiger partial charge in [-0.2, -0.15) is 0 Å². The highest BCUT2D eigenvalue weighted by Crippen LogP contribution is 2.46. The van der Waals surface area contributed by atoms with Crippen molar-refractivity contribution in [3.63, 3.8) is 0 Å². The van der Waals surface area contributed by atoms with Gasteiger partial charge >= 0.3 is 9.12 Å². The third-order valence-electron chi connectivity index (χ3n) is 7.84. The number of hydrogen-bond acceptors (Lipinski definition) is 2. The predicted octanol–water partition coefficient (Wildman–Crippen LogP) is 6.89. The number of nitrogens with zero attached hydrogens (tertiary/aromatic N) is 2. The van der Waals surface area contributed by atoms with Gasteiger partial charge in [0.1, 0.15) is 0 Å². The van der Waals surface area contributed by atoms with Gasteiger partial charge in [0.2, 0.25) is 0 Å². The van der Waals surface area contributed by atoms with E-state index >= 15 is 0 Å². The van der Waals surface area contributed by atoms with Crippen molar-refractivity contribution in [1.82, 2.24) is 0 Å². The zero-order valence-electron chi connectivity index (χ0n) is 23.9. The Kier molecular flexibility index (Phi) is 8.47. The molecule has 0 N–H and O–H groups in total. The molecule has 0 amide bonds. The lowest BCUT2D eigenvalue weighted by Crippen LogP contribution is -2.57. The van der Waals surface area contributed by atoms with E-state index in [4.69, 9.17) is 0 Å². The third-order valence-corrected chi connectivity index (χ3v) is 15.9. The average molecular weight is 608 g/mol. The molecular formula is C38H33N2P2Si. The number of fused-ring (bicyclic) bond motifs is 1. The molecule has 5 heteroatoms. The van der Waals surface area contributed by atoms with Crippen molar-refractivity contribution in [2.75, 3.05) is 21.7 Å². The number of hydrogen-bond donors (Lipinski definition) is 0. The van der Waals surface area contributed by atoms with Gasteiger partial charge in [0.25, 0.3) is 0 Å². The minimum atomic E-state index is -1.34. The van der Waals surface area contributed by atoms with Crippen LogP contribution in [-0.4, -0.2) is 21.7 Å². The first kappa shape index (κ1) is 27.8. The SMILES string of the molecule is c1ccc([Si]2N(CP(c3ccccc3)c3ccccc3)c3ccccc3N2CP(c2ccccc2)c2ccccc2)cc1. The van der Waals surface area contributed by atoms with E-state index in [1.165, 1.54) is 37.8 Å². The Hall–Kier alpha value is -4.00. The first-order valence-electron chi connectivity index (χ1n) is 14.7. The molecule has 0 aromatic heterocycles. The highest BCUT2D eigenvalue weighted by molar-refractivity contribution is 7.73. The quantitative estimate of drug-likeness (QED) is 0.131. The third kappa shape index (κ3) is 5.95. The van der Waals surface area contributed by atoms with Gasteiger partial charge in [-0.3, -0.25) is 0 Å². The van der Waals surface area contributed by atoms with Crippen LogP contribution in [0.5, 0.6) is 0 Å². The highest BCUT2D eigenvalue weighted by Gasteiger charge is 2.42. The second kappa shape index (κ2) is 13.1. The van der Waals surface area contributed by atoms with E-state index in [-0.39, 0.29) is 0 Å². The molecular weight excluding hydrogens is 574 g/mol. The van der Waals surface area contributed by atoms with Gasteiger partial charge in [0, 0.05) is 12.6 Å². The summed E-state index contributed by atoms with van der Waals surface area (Å²) in [6.07, 6.45) is 1.96. The summed E-state index contributed by atoms with van der Waals surface area (Å²) in [5.41, 5.74) is 2.71. The zero-order chi connectivity index (χ0) is 28.8. The van der Waals surface area contributed by atoms with Gasteiger partial charge in [-0.25, -0.2) is 0 Å². The summed E-state index contributed by atoms with van der Waals surface area (Å²) in [6, 6.07) is 64.9. The smallest absolute Gasteiger partial charge is 0.336 e. The van der Waals surface area contributed by atoms with Gasteiger partial charge in [0.05, 0.1) is 11.4 Å². The van der Waals surface area contributed by atoms with Crippen LogP contribution in [0.2, 0.25) is 0 Å². The van der Waals surface area contributed by atoms with E-state index in [1.807, 2.05) is 0 Å². The second-order valence-corrected chi connectivity index (χ2v) is 17.2. The molecule has 6 aromatic carbocycles. The topological polar surface area (TPSA) is 6.48 Å². The van der Waals surface area contributed by atoms with Crippen LogP contribution in [0.1, 0.15) is 0 Å². The Labute approximate surface area is 259 Å². The maximum atomic E-state index is 2.78. The molecule has 2 nitrogen and oxygen atoms in total. The van der Waals surface area contributed by atoms with Gasteiger partial charge in [-0.15, -0.1) is 0 Å². The van der Waals surface area contributed by atoms with Crippen molar-refractivity contribution in [2.24, 2.45) is 0 Å². The van der Waals surface area contributed by atoms with Crippen molar-refractivity contribution in [3.05, 3.63) is 176 Å². The fourth-order valence-corrected chi connectivity index (χ4v) is 14.2. The van der Waals surface area contributed by atoms with E-state index in [0.29, 0.717) is 0 Å². The van der Waals surface area contributed by atoms with Crippen LogP contribution in [0, 0.1) is 0 Å². The fraction of sp³-hybridized carbons (Fsp3) is 0.0526. The summed E-state index contributed by atoms with van der Waals surface area (Å²) in [4.78, 5) is 0. The van der Waals surface area contributed by atoms with Gasteiger partial charge in [0.15, 0.2) is 0 Å². The van der Waals surface area contributed by atoms with E-state index in [1.54, 1.807) is 0 Å². The molecule has 1 heterocycles. The fourth-order valence-electron chi connectivity index (χ4n) is 5.82. The predicted molar refractivity (Wildman–Crippen MR) is 191 cm³/mol. The molecule has 1 aliphatic heterocycles. The molecule has 209 valence electrons. The van der Waals surface area contributed by atoms with Crippen LogP contribution in [0.25, 0.3) is 0 Å². The Bertz CT molecular complexity index is 1550. The molecule has 0 saturated carbocycles. The Morgan fingerprint density at radius 2 is 0.628 bits per heavy atom. The van der Waals surface area contributed by atoms with Crippen molar-refractivity contribution >= 4 is 62.7 Å². The minimum absolute atomic E-state index is 0.600. The normalized spacial score (nSPS) is 13.1. The van der Waals surface area contributed by atoms with Crippen molar-refractivity contribution in [2.45, 2.75) is 0 Å². The van der Waals surface area contributed by atoms with E-state index in [9.17, 15) is 0 Å². The molecule has 0 spiro atoms. The Balaban J connectivity index is 1.35. The molecule has 0 fully saturated rings. The van der Waals surface area contributed by atoms with Gasteiger partial charge < -0.3 is 9.13 Å². The molecule has 0 aliphatic carbocycles. The van der Waals surface area contributed by atoms with E-state index in [0.717, 1.165) is 12.6 Å². The molecule has 0 atom stereocenters. The monoisotopic (exact) mass is 607 g/mol. The molecule has 1 aliphatic rings. The summed E-state index contributed by atoms with van der Waals surface area (Å²) >= 11 is 0. The standard InChI is InChI=1S/C38H33N2P2Si/c1-6-18-32(19-7-1)41(33-20-8-2-9-21-33)30-39-37-28-16-17-29-38(37)40(43(39)36-26-14-5-15-27-36)31-42(34-22-10-3-11-23-34)35-24-12-4-13-25-35/h1-29H,30-31H2. The number of benzene rings is 6. The Morgan fingerprint density at radius 3 is 0.953 bits per heavy atom. The maximum absolute atomic E-state index is 2.78. The van der Waals surface area contributed by atoms with Crippen LogP contribution in [0.3, 0.4) is 0 Å². The lowest BCUT2D eigenvalue weighted by atomic mass is 10.2. The summed E-state index contributed by atoms with van der Waals surface area (Å²) < 4.78 is 5.56. The first-order chi connectivity index (χ1) is 21.4. The van der Waals surface area contributed by atoms with Gasteiger partial charge in [-0.05, 0) is 54.4 Å². The minimum Gasteiger partial charge on any atom is -0.371 e. The average Bonchev–Trinajstić information content (AvgIpc) is 3.40. The molecule has 1 radical (unpaired) electrons. The zero-order valence-corrected chi connectivity index (χ0v) is 26.7. The molecule has 0 saturated heterocycles. The molecule has 6 aromatic rings. The maximum Gasteiger partial charge on any atom is 0.336 e. The van der Waals surface area contributed by atoms with Crippen molar-refractivity contribution in [1.29, 1.82) is 0 Å². The van der Waals surface area contributed by atoms with Gasteiger partial charge in [-0.1, -0.05) is 164 Å². The molecule has 0 bridgehead atoms. The largest absolute Gasteiger partial charge is 0.371 e. The molecule has 7 rings (SSSR count). The van der Waals surface area contributed by atoms with E-state index < -0.39 is 25.0 Å². The van der Waals surface area contributed by atoms with Crippen LogP contribution < -0.4 is 35.5 Å². The molecule has 43 heavy (non-hydrogen) atoms. The highest BCUT2D eigenvalue weighted by atomic mass is 31.1. The van der Waals surface area contributed by atoms with Crippen LogP contribution >= 0.6 is 15.8 Å². The molecule has 0 unspecified atom stereocenters. The summed E-state index contributed by atoms with van der Waals surface area (Å²) in [7, 11) is -2.54. The second-order valence-electron chi connectivity index (χ2n) is 10.5. The lowest BCUT2D eigenvalue weighted by Gasteiger charge is -2.35. The van der Waals surface area contributed by atoms with Crippen LogP contribution in [0.4, 0.5) is 11.4 Å². The van der Waals surface area contributed by atoms with Crippen molar-refractivity contribution < 1.29 is 0 Å². The summed E-state index contributed by atoms with van der Waals surface area (Å²) in [6.45, 7) is 0. The van der Waals surface area contributed by atoms with E-state index in [2.05, 4.69) is 185 Å². The van der Waals surface area contributed by atoms with Crippen LogP contribution in [0.15, 0.2) is 176 Å². The number of rotatable bonds is 9.